The van der Waals surface area contributed by atoms with E-state index in [4.69, 9.17) is 32.7 Å². The summed E-state index contributed by atoms with van der Waals surface area (Å²) in [5, 5.41) is 4.03. The molecule has 0 unspecified atom stereocenters. The van der Waals surface area contributed by atoms with Crippen LogP contribution in [0.3, 0.4) is 0 Å². The number of nitrogens with one attached hydrogen (secondary N) is 1. The van der Waals surface area contributed by atoms with E-state index in [9.17, 15) is 9.59 Å². The summed E-state index contributed by atoms with van der Waals surface area (Å²) in [6, 6.07) is 10.3. The fraction of sp³-hybridized carbons (Fsp3) is 0.417. The number of carbonyl (C=O) groups is 2. The van der Waals surface area contributed by atoms with Crippen molar-refractivity contribution in [3.05, 3.63) is 57.6 Å². The molecule has 0 spiro atoms. The van der Waals surface area contributed by atoms with E-state index in [0.717, 1.165) is 37.9 Å². The molecule has 2 aromatic carbocycles. The zero-order valence-electron chi connectivity index (χ0n) is 18.2. The average molecular weight is 479 g/mol. The standard InChI is InChI=1S/C24H28Cl2N2O4/c1-2-31-22-14-18(24(30)27-11-10-17-6-8-19(25)15-20(17)26)7-9-21(22)32-16-23(29)28-12-4-3-5-13-28/h6-9,14-15H,2-5,10-13,16H2,1H3,(H,27,30). The van der Waals surface area contributed by atoms with Crippen LogP contribution in [0.15, 0.2) is 36.4 Å². The molecule has 3 rings (SSSR count). The van der Waals surface area contributed by atoms with Gasteiger partial charge in [-0.15, -0.1) is 0 Å². The number of benzene rings is 2. The summed E-state index contributed by atoms with van der Waals surface area (Å²) >= 11 is 12.1. The number of hydrogen-bond acceptors (Lipinski definition) is 4. The third-order valence-electron chi connectivity index (χ3n) is 5.26. The number of ether oxygens (including phenoxy) is 2. The highest BCUT2D eigenvalue weighted by Gasteiger charge is 2.18. The summed E-state index contributed by atoms with van der Waals surface area (Å²) in [6.07, 6.45) is 3.81. The quantitative estimate of drug-likeness (QED) is 0.564. The third-order valence-corrected chi connectivity index (χ3v) is 5.85. The maximum atomic E-state index is 12.6. The van der Waals surface area contributed by atoms with Gasteiger partial charge in [-0.05, 0) is 68.5 Å². The number of likely N-dealkylation sites (tertiary alicyclic amines) is 1. The largest absolute Gasteiger partial charge is 0.490 e. The highest BCUT2D eigenvalue weighted by atomic mass is 35.5. The Labute approximate surface area is 198 Å². The van der Waals surface area contributed by atoms with Crippen LogP contribution in [0.1, 0.15) is 42.1 Å². The summed E-state index contributed by atoms with van der Waals surface area (Å²) in [5.41, 5.74) is 1.36. The molecule has 172 valence electrons. The Hall–Kier alpha value is -2.44. The molecule has 0 radical (unpaired) electrons. The summed E-state index contributed by atoms with van der Waals surface area (Å²) < 4.78 is 11.4. The molecule has 1 heterocycles. The van der Waals surface area contributed by atoms with Crippen molar-refractivity contribution >= 4 is 35.0 Å². The molecule has 0 saturated carbocycles. The first-order valence-electron chi connectivity index (χ1n) is 10.9. The van der Waals surface area contributed by atoms with E-state index in [0.29, 0.717) is 46.7 Å². The van der Waals surface area contributed by atoms with Gasteiger partial charge in [0.25, 0.3) is 11.8 Å². The van der Waals surface area contributed by atoms with Crippen molar-refractivity contribution in [2.45, 2.75) is 32.6 Å². The predicted molar refractivity (Wildman–Crippen MR) is 126 cm³/mol. The molecule has 0 atom stereocenters. The van der Waals surface area contributed by atoms with E-state index in [1.54, 1.807) is 30.3 Å². The number of carbonyl (C=O) groups excluding carboxylic acids is 2. The maximum absolute atomic E-state index is 12.6. The van der Waals surface area contributed by atoms with Gasteiger partial charge in [0.05, 0.1) is 6.61 Å². The Balaban J connectivity index is 1.57. The fourth-order valence-corrected chi connectivity index (χ4v) is 4.05. The van der Waals surface area contributed by atoms with Crippen LogP contribution in [0.2, 0.25) is 10.0 Å². The van der Waals surface area contributed by atoms with Crippen molar-refractivity contribution in [1.29, 1.82) is 0 Å². The number of hydrogen-bond donors (Lipinski definition) is 1. The van der Waals surface area contributed by atoms with Gasteiger partial charge in [-0.25, -0.2) is 0 Å². The van der Waals surface area contributed by atoms with Gasteiger partial charge in [0.1, 0.15) is 0 Å². The molecule has 1 N–H and O–H groups in total. The molecule has 0 aromatic heterocycles. The summed E-state index contributed by atoms with van der Waals surface area (Å²) in [5.74, 6) is 0.621. The van der Waals surface area contributed by atoms with E-state index >= 15 is 0 Å². The molecule has 0 aliphatic carbocycles. The minimum atomic E-state index is -0.230. The Morgan fingerprint density at radius 3 is 2.50 bits per heavy atom. The van der Waals surface area contributed by atoms with Crippen molar-refractivity contribution in [2.24, 2.45) is 0 Å². The first-order chi connectivity index (χ1) is 15.5. The molecule has 2 amide bonds. The van der Waals surface area contributed by atoms with E-state index < -0.39 is 0 Å². The fourth-order valence-electron chi connectivity index (χ4n) is 3.55. The Morgan fingerprint density at radius 1 is 1.00 bits per heavy atom. The van der Waals surface area contributed by atoms with Crippen molar-refractivity contribution in [3.63, 3.8) is 0 Å². The van der Waals surface area contributed by atoms with Gasteiger partial charge in [-0.3, -0.25) is 9.59 Å². The van der Waals surface area contributed by atoms with Gasteiger partial charge < -0.3 is 19.7 Å². The van der Waals surface area contributed by atoms with E-state index in [1.165, 1.54) is 0 Å². The lowest BCUT2D eigenvalue weighted by atomic mass is 10.1. The molecule has 0 bridgehead atoms. The zero-order valence-corrected chi connectivity index (χ0v) is 19.7. The number of amides is 2. The first-order valence-corrected chi connectivity index (χ1v) is 11.6. The van der Waals surface area contributed by atoms with Gasteiger partial charge >= 0.3 is 0 Å². The summed E-state index contributed by atoms with van der Waals surface area (Å²) in [7, 11) is 0. The van der Waals surface area contributed by atoms with E-state index in [1.807, 2.05) is 17.9 Å². The van der Waals surface area contributed by atoms with Crippen LogP contribution >= 0.6 is 23.2 Å². The van der Waals surface area contributed by atoms with Gasteiger partial charge in [0, 0.05) is 35.2 Å². The molecular formula is C24H28Cl2N2O4. The van der Waals surface area contributed by atoms with E-state index in [2.05, 4.69) is 5.32 Å². The summed E-state index contributed by atoms with van der Waals surface area (Å²) in [4.78, 5) is 26.8. The third kappa shape index (κ3) is 6.78. The molecule has 1 saturated heterocycles. The SMILES string of the molecule is CCOc1cc(C(=O)NCCc2ccc(Cl)cc2Cl)ccc1OCC(=O)N1CCCCC1. The molecule has 1 fully saturated rings. The Kier molecular flexibility index (Phi) is 9.06. The molecule has 1 aliphatic rings. The Bertz CT molecular complexity index is 946. The lowest BCUT2D eigenvalue weighted by Crippen LogP contribution is -2.38. The van der Waals surface area contributed by atoms with Crippen molar-refractivity contribution < 1.29 is 19.1 Å². The van der Waals surface area contributed by atoms with Gasteiger partial charge in [0.2, 0.25) is 0 Å². The lowest BCUT2D eigenvalue weighted by molar-refractivity contribution is -0.134. The highest BCUT2D eigenvalue weighted by Crippen LogP contribution is 2.29. The van der Waals surface area contributed by atoms with Gasteiger partial charge in [-0.2, -0.15) is 0 Å². The van der Waals surface area contributed by atoms with Crippen molar-refractivity contribution in [3.8, 4) is 11.5 Å². The number of halogens is 2. The van der Waals surface area contributed by atoms with Gasteiger partial charge in [0.15, 0.2) is 18.1 Å². The van der Waals surface area contributed by atoms with Crippen molar-refractivity contribution in [2.75, 3.05) is 32.8 Å². The molecule has 8 heteroatoms. The first kappa shape index (κ1) is 24.2. The van der Waals surface area contributed by atoms with Crippen LogP contribution in [0, 0.1) is 0 Å². The van der Waals surface area contributed by atoms with Crippen LogP contribution in [0.25, 0.3) is 0 Å². The topological polar surface area (TPSA) is 67.9 Å². The second-order valence-corrected chi connectivity index (χ2v) is 8.41. The molecule has 32 heavy (non-hydrogen) atoms. The van der Waals surface area contributed by atoms with Crippen LogP contribution in [0.5, 0.6) is 11.5 Å². The number of piperidine rings is 1. The second kappa shape index (κ2) is 12.0. The zero-order chi connectivity index (χ0) is 22.9. The van der Waals surface area contributed by atoms with Crippen LogP contribution < -0.4 is 14.8 Å². The highest BCUT2D eigenvalue weighted by molar-refractivity contribution is 6.35. The smallest absolute Gasteiger partial charge is 0.260 e. The second-order valence-electron chi connectivity index (χ2n) is 7.57. The number of nitrogens with zero attached hydrogens (tertiary/aromatic N) is 1. The van der Waals surface area contributed by atoms with E-state index in [-0.39, 0.29) is 18.4 Å². The van der Waals surface area contributed by atoms with Crippen molar-refractivity contribution in [1.82, 2.24) is 10.2 Å². The van der Waals surface area contributed by atoms with Crippen LogP contribution in [-0.2, 0) is 11.2 Å². The number of rotatable bonds is 9. The predicted octanol–water partition coefficient (Wildman–Crippen LogP) is 4.76. The lowest BCUT2D eigenvalue weighted by Gasteiger charge is -2.26. The Morgan fingerprint density at radius 2 is 1.78 bits per heavy atom. The normalized spacial score (nSPS) is 13.5. The van der Waals surface area contributed by atoms with Crippen LogP contribution in [0.4, 0.5) is 0 Å². The minimum absolute atomic E-state index is 0.0326. The average Bonchev–Trinajstić information content (AvgIpc) is 2.80. The van der Waals surface area contributed by atoms with Crippen LogP contribution in [-0.4, -0.2) is 49.6 Å². The maximum Gasteiger partial charge on any atom is 0.260 e. The minimum Gasteiger partial charge on any atom is -0.490 e. The molecule has 6 nitrogen and oxygen atoms in total. The molecule has 1 aliphatic heterocycles. The van der Waals surface area contributed by atoms with Gasteiger partial charge in [-0.1, -0.05) is 29.3 Å². The monoisotopic (exact) mass is 478 g/mol. The molecular weight excluding hydrogens is 451 g/mol. The summed E-state index contributed by atoms with van der Waals surface area (Å²) in [6.45, 7) is 4.20. The molecule has 2 aromatic rings.